The van der Waals surface area contributed by atoms with Crippen molar-refractivity contribution in [2.24, 2.45) is 17.3 Å². The van der Waals surface area contributed by atoms with Crippen LogP contribution in [0.2, 0.25) is 0 Å². The average molecular weight is 179 g/mol. The van der Waals surface area contributed by atoms with Gasteiger partial charge in [-0.15, -0.1) is 0 Å². The van der Waals surface area contributed by atoms with Gasteiger partial charge in [0.1, 0.15) is 5.78 Å². The van der Waals surface area contributed by atoms with Crippen LogP contribution >= 0.6 is 0 Å². The van der Waals surface area contributed by atoms with E-state index in [1.54, 1.807) is 0 Å². The quantitative estimate of drug-likeness (QED) is 0.608. The lowest BCUT2D eigenvalue weighted by Crippen LogP contribution is -2.23. The summed E-state index contributed by atoms with van der Waals surface area (Å²) in [5.74, 6) is 1.87. The second-order valence-corrected chi connectivity index (χ2v) is 5.06. The Balaban J connectivity index is 1.83. The van der Waals surface area contributed by atoms with Crippen LogP contribution in [0.5, 0.6) is 0 Å². The van der Waals surface area contributed by atoms with Crippen molar-refractivity contribution in [3.05, 3.63) is 0 Å². The number of Topliss-reactive ketones (excluding diaryl/α,β-unsaturated/α-hetero) is 1. The van der Waals surface area contributed by atoms with Gasteiger partial charge in [-0.1, -0.05) is 0 Å². The summed E-state index contributed by atoms with van der Waals surface area (Å²) in [7, 11) is 0. The lowest BCUT2D eigenvalue weighted by atomic mass is 9.76. The van der Waals surface area contributed by atoms with Gasteiger partial charge in [0.05, 0.1) is 0 Å². The zero-order valence-corrected chi connectivity index (χ0v) is 8.01. The molecule has 0 amide bonds. The highest BCUT2D eigenvalue weighted by molar-refractivity contribution is 5.87. The van der Waals surface area contributed by atoms with Crippen LogP contribution in [-0.2, 0) is 4.79 Å². The molecular weight excluding hydrogens is 162 g/mol. The molecule has 2 nitrogen and oxygen atoms in total. The molecule has 0 radical (unpaired) electrons. The van der Waals surface area contributed by atoms with Crippen LogP contribution in [0.3, 0.4) is 0 Å². The van der Waals surface area contributed by atoms with E-state index in [4.69, 9.17) is 0 Å². The van der Waals surface area contributed by atoms with Crippen molar-refractivity contribution >= 4 is 5.78 Å². The minimum Gasteiger partial charge on any atom is -0.317 e. The zero-order valence-electron chi connectivity index (χ0n) is 8.01. The van der Waals surface area contributed by atoms with E-state index in [-0.39, 0.29) is 0 Å². The van der Waals surface area contributed by atoms with E-state index in [1.807, 2.05) is 0 Å². The minimum atomic E-state index is 0.450. The van der Waals surface area contributed by atoms with Gasteiger partial charge in [-0.25, -0.2) is 0 Å². The van der Waals surface area contributed by atoms with E-state index >= 15 is 0 Å². The Morgan fingerprint density at radius 3 is 2.92 bits per heavy atom. The van der Waals surface area contributed by atoms with Gasteiger partial charge in [0, 0.05) is 12.3 Å². The molecule has 0 bridgehead atoms. The van der Waals surface area contributed by atoms with Crippen molar-refractivity contribution in [1.82, 2.24) is 5.32 Å². The largest absolute Gasteiger partial charge is 0.317 e. The maximum Gasteiger partial charge on any atom is 0.136 e. The standard InChI is InChI=1S/C11H17NO/c13-10-7-11(9-6-8(9)10)2-1-4-12-5-3-11/h8-9,12H,1-7H2. The third-order valence-corrected chi connectivity index (χ3v) is 4.34. The average Bonchev–Trinajstić information content (AvgIpc) is 2.81. The van der Waals surface area contributed by atoms with Crippen LogP contribution in [0.15, 0.2) is 0 Å². The van der Waals surface area contributed by atoms with Crippen molar-refractivity contribution in [2.45, 2.75) is 32.1 Å². The number of hydrogen-bond acceptors (Lipinski definition) is 2. The molecule has 0 aromatic carbocycles. The van der Waals surface area contributed by atoms with Gasteiger partial charge in [-0.2, -0.15) is 0 Å². The highest BCUT2D eigenvalue weighted by Crippen LogP contribution is 2.63. The third kappa shape index (κ3) is 1.08. The first-order valence-electron chi connectivity index (χ1n) is 5.55. The van der Waals surface area contributed by atoms with E-state index in [0.29, 0.717) is 17.1 Å². The zero-order chi connectivity index (χ0) is 8.89. The Morgan fingerprint density at radius 2 is 2.23 bits per heavy atom. The van der Waals surface area contributed by atoms with E-state index in [2.05, 4.69) is 5.32 Å². The molecule has 1 saturated heterocycles. The first kappa shape index (κ1) is 7.98. The molecular formula is C11H17NO. The van der Waals surface area contributed by atoms with Crippen LogP contribution in [0.25, 0.3) is 0 Å². The molecule has 3 aliphatic rings. The van der Waals surface area contributed by atoms with Gasteiger partial charge in [0.2, 0.25) is 0 Å². The number of carbonyl (C=O) groups excluding carboxylic acids is 1. The fraction of sp³-hybridized carbons (Fsp3) is 0.909. The molecule has 3 fully saturated rings. The van der Waals surface area contributed by atoms with Gasteiger partial charge in [-0.05, 0) is 50.1 Å². The fourth-order valence-electron chi connectivity index (χ4n) is 3.54. The van der Waals surface area contributed by atoms with Gasteiger partial charge in [-0.3, -0.25) is 4.79 Å². The molecule has 1 spiro atoms. The molecule has 3 atom stereocenters. The number of ketones is 1. The summed E-state index contributed by atoms with van der Waals surface area (Å²) < 4.78 is 0. The van der Waals surface area contributed by atoms with Gasteiger partial charge < -0.3 is 5.32 Å². The topological polar surface area (TPSA) is 29.1 Å². The van der Waals surface area contributed by atoms with Crippen LogP contribution in [-0.4, -0.2) is 18.9 Å². The number of nitrogens with one attached hydrogen (secondary N) is 1. The number of rotatable bonds is 0. The Bertz CT molecular complexity index is 240. The molecule has 13 heavy (non-hydrogen) atoms. The molecule has 1 aliphatic heterocycles. The van der Waals surface area contributed by atoms with Crippen molar-refractivity contribution in [3.63, 3.8) is 0 Å². The summed E-state index contributed by atoms with van der Waals surface area (Å²) in [4.78, 5) is 11.6. The normalized spacial score (nSPS) is 49.1. The van der Waals surface area contributed by atoms with Crippen molar-refractivity contribution in [2.75, 3.05) is 13.1 Å². The van der Waals surface area contributed by atoms with E-state index in [1.165, 1.54) is 25.7 Å². The van der Waals surface area contributed by atoms with Crippen molar-refractivity contribution in [3.8, 4) is 0 Å². The first-order chi connectivity index (χ1) is 6.32. The van der Waals surface area contributed by atoms with Gasteiger partial charge in [0.15, 0.2) is 0 Å². The summed E-state index contributed by atoms with van der Waals surface area (Å²) in [5, 5.41) is 3.44. The predicted octanol–water partition coefficient (Wildman–Crippen LogP) is 1.36. The smallest absolute Gasteiger partial charge is 0.136 e. The molecule has 72 valence electrons. The van der Waals surface area contributed by atoms with Crippen LogP contribution in [0.4, 0.5) is 0 Å². The Hall–Kier alpha value is -0.370. The Kier molecular flexibility index (Phi) is 1.58. The molecule has 3 unspecified atom stereocenters. The number of carbonyl (C=O) groups is 1. The summed E-state index contributed by atoms with van der Waals surface area (Å²) >= 11 is 0. The van der Waals surface area contributed by atoms with Crippen molar-refractivity contribution < 1.29 is 4.79 Å². The molecule has 1 heterocycles. The van der Waals surface area contributed by atoms with Crippen molar-refractivity contribution in [1.29, 1.82) is 0 Å². The lowest BCUT2D eigenvalue weighted by Gasteiger charge is -2.28. The summed E-state index contributed by atoms with van der Waals surface area (Å²) in [6.45, 7) is 2.30. The molecule has 2 aliphatic carbocycles. The third-order valence-electron chi connectivity index (χ3n) is 4.34. The Labute approximate surface area is 79.1 Å². The molecule has 2 saturated carbocycles. The first-order valence-corrected chi connectivity index (χ1v) is 5.55. The van der Waals surface area contributed by atoms with E-state index in [9.17, 15) is 4.79 Å². The number of hydrogen-bond donors (Lipinski definition) is 1. The van der Waals surface area contributed by atoms with Crippen LogP contribution < -0.4 is 5.32 Å². The summed E-state index contributed by atoms with van der Waals surface area (Å²) in [5.41, 5.74) is 0.450. The Morgan fingerprint density at radius 1 is 1.31 bits per heavy atom. The molecule has 3 rings (SSSR count). The second kappa shape index (κ2) is 2.57. The van der Waals surface area contributed by atoms with Gasteiger partial charge >= 0.3 is 0 Å². The van der Waals surface area contributed by atoms with E-state index < -0.39 is 0 Å². The second-order valence-electron chi connectivity index (χ2n) is 5.06. The lowest BCUT2D eigenvalue weighted by molar-refractivity contribution is -0.120. The monoisotopic (exact) mass is 179 g/mol. The van der Waals surface area contributed by atoms with E-state index in [0.717, 1.165) is 25.4 Å². The maximum atomic E-state index is 11.6. The fourth-order valence-corrected chi connectivity index (χ4v) is 3.54. The summed E-state index contributed by atoms with van der Waals surface area (Å²) in [6, 6.07) is 0. The molecule has 1 N–H and O–H groups in total. The van der Waals surface area contributed by atoms with Gasteiger partial charge in [0.25, 0.3) is 0 Å². The van der Waals surface area contributed by atoms with Crippen LogP contribution in [0, 0.1) is 17.3 Å². The van der Waals surface area contributed by atoms with Crippen LogP contribution in [0.1, 0.15) is 32.1 Å². The molecule has 0 aromatic rings. The maximum absolute atomic E-state index is 11.6. The highest BCUT2D eigenvalue weighted by Gasteiger charge is 2.61. The predicted molar refractivity (Wildman–Crippen MR) is 50.4 cm³/mol. The summed E-state index contributed by atoms with van der Waals surface area (Å²) in [6.07, 6.45) is 5.95. The SMILES string of the molecule is O=C1CC2(CCCNCC2)C2CC12. The molecule has 0 aromatic heterocycles. The number of fused-ring (bicyclic) bond motifs is 2. The minimum absolute atomic E-state index is 0.450. The molecule has 2 heteroatoms. The highest BCUT2D eigenvalue weighted by atomic mass is 16.1.